The number of nitrogens with one attached hydrogen (secondary N) is 1. The molecular weight excluding hydrogens is 421 g/mol. The van der Waals surface area contributed by atoms with E-state index in [0.29, 0.717) is 20.8 Å². The highest BCUT2D eigenvalue weighted by molar-refractivity contribution is 7.19. The number of nitrogens with zero attached hydrogens (tertiary/aromatic N) is 4. The minimum absolute atomic E-state index is 0.0432. The maximum atomic E-state index is 12.9. The van der Waals surface area contributed by atoms with Gasteiger partial charge in [0.25, 0.3) is 5.91 Å². The van der Waals surface area contributed by atoms with Gasteiger partial charge < -0.3 is 9.88 Å². The quantitative estimate of drug-likeness (QED) is 0.261. The summed E-state index contributed by atoms with van der Waals surface area (Å²) in [7, 11) is 1.74. The zero-order valence-corrected chi connectivity index (χ0v) is 17.1. The van der Waals surface area contributed by atoms with Crippen LogP contribution in [0.4, 0.5) is 0 Å². The zero-order chi connectivity index (χ0) is 20.3. The third-order valence-corrected chi connectivity index (χ3v) is 6.11. The number of pyridine rings is 1. The zero-order valence-electron chi connectivity index (χ0n) is 14.8. The first kappa shape index (κ1) is 20.2. The van der Waals surface area contributed by atoms with E-state index >= 15 is 0 Å². The topological polar surface area (TPSA) is 99.9 Å². The van der Waals surface area contributed by atoms with Crippen molar-refractivity contribution in [3.63, 3.8) is 0 Å². The Kier molecular flexibility index (Phi) is 6.26. The molecule has 3 rings (SSSR count). The molecular formula is C18H15Cl2N5O2S. The molecule has 0 aliphatic carbocycles. The van der Waals surface area contributed by atoms with Gasteiger partial charge in [-0.25, -0.2) is 0 Å². The number of aryl methyl sites for hydroxylation is 1. The molecule has 0 radical (unpaired) electrons. The van der Waals surface area contributed by atoms with Crippen molar-refractivity contribution in [2.75, 3.05) is 0 Å². The van der Waals surface area contributed by atoms with Gasteiger partial charge in [-0.1, -0.05) is 28.8 Å². The number of hydrogen-bond acceptors (Lipinski definition) is 4. The fourth-order valence-corrected chi connectivity index (χ4v) is 4.49. The van der Waals surface area contributed by atoms with E-state index in [1.807, 2.05) is 0 Å². The Morgan fingerprint density at radius 1 is 1.36 bits per heavy atom. The molecule has 3 aromatic rings. The smallest absolute Gasteiger partial charge is 0.257 e. The van der Waals surface area contributed by atoms with Gasteiger partial charge in [-0.3, -0.25) is 9.59 Å². The summed E-state index contributed by atoms with van der Waals surface area (Å²) in [5.74, 6) is -0.275. The summed E-state index contributed by atoms with van der Waals surface area (Å²) >= 11 is 13.1. The molecule has 0 saturated carbocycles. The molecule has 28 heavy (non-hydrogen) atoms. The monoisotopic (exact) mass is 435 g/mol. The van der Waals surface area contributed by atoms with Crippen LogP contribution in [-0.2, 0) is 26.0 Å². The molecule has 0 spiro atoms. The number of fused-ring (bicyclic) bond motifs is 1. The fourth-order valence-electron chi connectivity index (χ4n) is 2.88. The van der Waals surface area contributed by atoms with Crippen molar-refractivity contribution in [2.45, 2.75) is 19.0 Å². The van der Waals surface area contributed by atoms with Crippen LogP contribution in [0, 0.1) is 0 Å². The van der Waals surface area contributed by atoms with Crippen LogP contribution in [0.2, 0.25) is 5.02 Å². The fraction of sp³-hybridized carbons (Fsp3) is 0.222. The number of alkyl halides is 1. The second kappa shape index (κ2) is 8.67. The summed E-state index contributed by atoms with van der Waals surface area (Å²) in [6.07, 6.45) is 1.49. The van der Waals surface area contributed by atoms with E-state index in [9.17, 15) is 9.59 Å². The van der Waals surface area contributed by atoms with Crippen LogP contribution in [0.3, 0.4) is 0 Å². The van der Waals surface area contributed by atoms with Crippen molar-refractivity contribution in [3.05, 3.63) is 77.7 Å². The minimum atomic E-state index is -0.463. The summed E-state index contributed by atoms with van der Waals surface area (Å²) in [5.41, 5.74) is 10.5. The van der Waals surface area contributed by atoms with Gasteiger partial charge in [0, 0.05) is 34.6 Å². The molecule has 0 saturated heterocycles. The number of aromatic nitrogens is 1. The number of rotatable bonds is 6. The molecule has 1 amide bonds. The van der Waals surface area contributed by atoms with Gasteiger partial charge in [-0.05, 0) is 28.8 Å². The lowest BCUT2D eigenvalue weighted by atomic mass is 10.1. The molecule has 2 aromatic heterocycles. The first-order chi connectivity index (χ1) is 13.5. The second-order valence-electron chi connectivity index (χ2n) is 6.00. The first-order valence-corrected chi connectivity index (χ1v) is 9.92. The highest BCUT2D eigenvalue weighted by atomic mass is 35.5. The molecule has 0 aliphatic rings. The van der Waals surface area contributed by atoms with E-state index in [4.69, 9.17) is 28.7 Å². The average Bonchev–Trinajstić information content (AvgIpc) is 3.08. The maximum absolute atomic E-state index is 12.9. The van der Waals surface area contributed by atoms with Gasteiger partial charge in [0.1, 0.15) is 5.56 Å². The lowest BCUT2D eigenvalue weighted by Gasteiger charge is -2.09. The minimum Gasteiger partial charge on any atom is -0.349 e. The molecule has 10 heteroatoms. The molecule has 1 N–H and O–H groups in total. The van der Waals surface area contributed by atoms with Crippen molar-refractivity contribution in [2.24, 2.45) is 12.2 Å². The number of halogens is 2. The van der Waals surface area contributed by atoms with Gasteiger partial charge in [0.05, 0.1) is 22.6 Å². The van der Waals surface area contributed by atoms with Gasteiger partial charge in [-0.15, -0.1) is 22.9 Å². The van der Waals surface area contributed by atoms with Crippen LogP contribution in [-0.4, -0.2) is 10.5 Å². The van der Waals surface area contributed by atoms with E-state index < -0.39 is 5.91 Å². The average molecular weight is 436 g/mol. The summed E-state index contributed by atoms with van der Waals surface area (Å²) in [6.45, 7) is 0.366. The Balaban J connectivity index is 1.97. The molecule has 0 fully saturated rings. The number of thiophene rings is 1. The van der Waals surface area contributed by atoms with Crippen molar-refractivity contribution in [1.29, 1.82) is 0 Å². The van der Waals surface area contributed by atoms with Gasteiger partial charge >= 0.3 is 0 Å². The third kappa shape index (κ3) is 4.00. The normalized spacial score (nSPS) is 10.7. The van der Waals surface area contributed by atoms with E-state index in [1.165, 1.54) is 17.5 Å². The third-order valence-electron chi connectivity index (χ3n) is 4.21. The van der Waals surface area contributed by atoms with Crippen molar-refractivity contribution >= 4 is 50.7 Å². The lowest BCUT2D eigenvalue weighted by molar-refractivity contribution is 0.0949. The van der Waals surface area contributed by atoms with Crippen LogP contribution in [0.5, 0.6) is 0 Å². The summed E-state index contributed by atoms with van der Waals surface area (Å²) in [5, 5.41) is 6.96. The lowest BCUT2D eigenvalue weighted by Crippen LogP contribution is -2.29. The highest BCUT2D eigenvalue weighted by Crippen LogP contribution is 2.31. The Labute approximate surface area is 174 Å². The second-order valence-corrected chi connectivity index (χ2v) is 7.80. The van der Waals surface area contributed by atoms with E-state index in [0.717, 1.165) is 10.4 Å². The number of carbonyl (C=O) groups is 1. The SMILES string of the molecule is Cn1cc(C(=O)NCc2ccc(Cl)cc2)c(=O)c2sc(CCl)c(CN=[N+]=[N-])c21. The van der Waals surface area contributed by atoms with Crippen LogP contribution in [0.1, 0.15) is 26.4 Å². The molecule has 2 heterocycles. The van der Waals surface area contributed by atoms with Crippen LogP contribution < -0.4 is 10.7 Å². The summed E-state index contributed by atoms with van der Waals surface area (Å²) in [4.78, 5) is 29.0. The number of hydrogen-bond donors (Lipinski definition) is 1. The molecule has 1 aromatic carbocycles. The Hall–Kier alpha value is -2.51. The largest absolute Gasteiger partial charge is 0.349 e. The van der Waals surface area contributed by atoms with Crippen molar-refractivity contribution in [1.82, 2.24) is 9.88 Å². The summed E-state index contributed by atoms with van der Waals surface area (Å²) < 4.78 is 2.11. The predicted octanol–water partition coefficient (Wildman–Crippen LogP) is 4.73. The summed E-state index contributed by atoms with van der Waals surface area (Å²) in [6, 6.07) is 7.08. The number of amides is 1. The number of carbonyl (C=O) groups excluding carboxylic acids is 1. The van der Waals surface area contributed by atoms with E-state index in [2.05, 4.69) is 15.3 Å². The predicted molar refractivity (Wildman–Crippen MR) is 112 cm³/mol. The Bertz CT molecular complexity index is 1150. The Morgan fingerprint density at radius 2 is 2.07 bits per heavy atom. The highest BCUT2D eigenvalue weighted by Gasteiger charge is 2.20. The van der Waals surface area contributed by atoms with E-state index in [1.54, 1.807) is 35.9 Å². The van der Waals surface area contributed by atoms with Gasteiger partial charge in [0.2, 0.25) is 5.43 Å². The molecule has 0 atom stereocenters. The van der Waals surface area contributed by atoms with Crippen molar-refractivity contribution < 1.29 is 4.79 Å². The van der Waals surface area contributed by atoms with Crippen LogP contribution in [0.15, 0.2) is 40.4 Å². The standard InChI is InChI=1S/C18H15Cl2N5O2S/c1-25-9-13(18(27)22-7-10-2-4-11(20)5-3-10)16(26)17-15(25)12(8-23-24-21)14(6-19)28-17/h2-5,9H,6-8H2,1H3,(H,22,27). The molecule has 144 valence electrons. The van der Waals surface area contributed by atoms with Gasteiger partial charge in [0.15, 0.2) is 0 Å². The molecule has 0 bridgehead atoms. The molecule has 7 nitrogen and oxygen atoms in total. The molecule has 0 aliphatic heterocycles. The maximum Gasteiger partial charge on any atom is 0.257 e. The number of benzene rings is 1. The van der Waals surface area contributed by atoms with Crippen LogP contribution in [0.25, 0.3) is 20.7 Å². The van der Waals surface area contributed by atoms with Crippen LogP contribution >= 0.6 is 34.5 Å². The van der Waals surface area contributed by atoms with Gasteiger partial charge in [-0.2, -0.15) is 0 Å². The first-order valence-electron chi connectivity index (χ1n) is 8.19. The Morgan fingerprint density at radius 3 is 2.71 bits per heavy atom. The van der Waals surface area contributed by atoms with Crippen molar-refractivity contribution in [3.8, 4) is 0 Å². The molecule has 0 unspecified atom stereocenters. The number of azide groups is 1. The van der Waals surface area contributed by atoms with E-state index in [-0.39, 0.29) is 30.0 Å².